The van der Waals surface area contributed by atoms with Gasteiger partial charge in [-0.25, -0.2) is 4.79 Å². The first-order valence-corrected chi connectivity index (χ1v) is 3.87. The number of carbonyl (C=O) groups excluding carboxylic acids is 1. The highest BCUT2D eigenvalue weighted by molar-refractivity contribution is 5.75. The molecule has 2 atom stereocenters. The van der Waals surface area contributed by atoms with Crippen LogP contribution in [0.4, 0.5) is 13.2 Å². The molecular formula is C7H7F3N2O2. The lowest BCUT2D eigenvalue weighted by Crippen LogP contribution is -2.36. The number of hydrogen-bond donors (Lipinski definition) is 1. The Kier molecular flexibility index (Phi) is 2.96. The minimum Gasteiger partial charge on any atom is -0.440 e. The van der Waals surface area contributed by atoms with Gasteiger partial charge in [0.1, 0.15) is 0 Å². The molecule has 7 heteroatoms. The fourth-order valence-electron chi connectivity index (χ4n) is 1.10. The molecule has 0 bridgehead atoms. The second kappa shape index (κ2) is 3.84. The zero-order chi connectivity index (χ0) is 10.8. The summed E-state index contributed by atoms with van der Waals surface area (Å²) in [4.78, 5) is 10.3. The van der Waals surface area contributed by atoms with E-state index in [1.807, 2.05) is 6.07 Å². The van der Waals surface area contributed by atoms with Gasteiger partial charge in [-0.3, -0.25) is 5.32 Å². The van der Waals surface area contributed by atoms with Crippen LogP contribution in [0.15, 0.2) is 0 Å². The van der Waals surface area contributed by atoms with Crippen LogP contribution in [0.1, 0.15) is 12.8 Å². The number of ether oxygens (including phenoxy) is 1. The number of esters is 1. The van der Waals surface area contributed by atoms with Crippen LogP contribution in [0.3, 0.4) is 0 Å². The van der Waals surface area contributed by atoms with E-state index in [1.165, 1.54) is 0 Å². The van der Waals surface area contributed by atoms with E-state index in [4.69, 9.17) is 5.26 Å². The summed E-state index contributed by atoms with van der Waals surface area (Å²) in [5.74, 6) is -2.23. The van der Waals surface area contributed by atoms with E-state index in [0.717, 1.165) is 0 Å². The first kappa shape index (κ1) is 10.8. The summed E-state index contributed by atoms with van der Waals surface area (Å²) >= 11 is 0. The highest BCUT2D eigenvalue weighted by Crippen LogP contribution is 2.20. The smallest absolute Gasteiger partial charge is 0.440 e. The topological polar surface area (TPSA) is 62.1 Å². The molecule has 4 nitrogen and oxygen atoms in total. The summed E-state index contributed by atoms with van der Waals surface area (Å²) in [5.41, 5.74) is 0. The van der Waals surface area contributed by atoms with Gasteiger partial charge in [0.15, 0.2) is 6.23 Å². The number of nitriles is 1. The van der Waals surface area contributed by atoms with Gasteiger partial charge >= 0.3 is 12.1 Å². The molecule has 0 aliphatic carbocycles. The monoisotopic (exact) mass is 208 g/mol. The molecule has 0 aromatic rings. The van der Waals surface area contributed by atoms with E-state index in [-0.39, 0.29) is 6.42 Å². The SMILES string of the molecule is N#CC1CCC(OC(=O)C(F)(F)F)N1. The number of alkyl halides is 3. The Morgan fingerprint density at radius 1 is 1.50 bits per heavy atom. The van der Waals surface area contributed by atoms with Gasteiger partial charge in [-0.1, -0.05) is 0 Å². The molecule has 1 N–H and O–H groups in total. The van der Waals surface area contributed by atoms with Crippen molar-refractivity contribution in [3.8, 4) is 6.07 Å². The molecule has 2 unspecified atom stereocenters. The Morgan fingerprint density at radius 2 is 2.14 bits per heavy atom. The van der Waals surface area contributed by atoms with Gasteiger partial charge in [-0.05, 0) is 6.42 Å². The van der Waals surface area contributed by atoms with Crippen LogP contribution in [0.25, 0.3) is 0 Å². The van der Waals surface area contributed by atoms with E-state index in [9.17, 15) is 18.0 Å². The van der Waals surface area contributed by atoms with Crippen LogP contribution in [0, 0.1) is 11.3 Å². The second-order valence-electron chi connectivity index (χ2n) is 2.82. The average molecular weight is 208 g/mol. The lowest BCUT2D eigenvalue weighted by molar-refractivity contribution is -0.205. The van der Waals surface area contributed by atoms with Crippen molar-refractivity contribution in [2.45, 2.75) is 31.3 Å². The number of halogens is 3. The summed E-state index contributed by atoms with van der Waals surface area (Å²) < 4.78 is 39.2. The van der Waals surface area contributed by atoms with Crippen molar-refractivity contribution in [3.63, 3.8) is 0 Å². The lowest BCUT2D eigenvalue weighted by Gasteiger charge is -2.13. The van der Waals surface area contributed by atoms with Crippen molar-refractivity contribution in [1.29, 1.82) is 5.26 Å². The number of carbonyl (C=O) groups is 1. The van der Waals surface area contributed by atoms with Crippen LogP contribution in [0.5, 0.6) is 0 Å². The molecule has 1 fully saturated rings. The Morgan fingerprint density at radius 3 is 2.57 bits per heavy atom. The standard InChI is InChI=1S/C7H7F3N2O2/c8-7(9,10)6(13)14-5-2-1-4(3-11)12-5/h4-5,12H,1-2H2. The number of nitrogens with zero attached hydrogens (tertiary/aromatic N) is 1. The molecule has 1 saturated heterocycles. The van der Waals surface area contributed by atoms with Gasteiger partial charge < -0.3 is 4.74 Å². The Labute approximate surface area is 77.6 Å². The molecule has 0 aromatic carbocycles. The summed E-state index contributed by atoms with van der Waals surface area (Å²) in [6, 6.07) is 1.28. The van der Waals surface area contributed by atoms with Gasteiger partial charge in [-0.15, -0.1) is 0 Å². The number of rotatable bonds is 1. The molecule has 1 aliphatic heterocycles. The predicted molar refractivity (Wildman–Crippen MR) is 37.7 cm³/mol. The second-order valence-corrected chi connectivity index (χ2v) is 2.82. The molecule has 0 aromatic heterocycles. The molecule has 14 heavy (non-hydrogen) atoms. The fraction of sp³-hybridized carbons (Fsp3) is 0.714. The summed E-state index contributed by atoms with van der Waals surface area (Å²) in [6.07, 6.45) is -5.38. The van der Waals surface area contributed by atoms with Crippen molar-refractivity contribution < 1.29 is 22.7 Å². The van der Waals surface area contributed by atoms with Gasteiger partial charge in [-0.2, -0.15) is 18.4 Å². The van der Waals surface area contributed by atoms with Gasteiger partial charge in [0, 0.05) is 6.42 Å². The third kappa shape index (κ3) is 2.60. The Bertz CT molecular complexity index is 271. The van der Waals surface area contributed by atoms with E-state index in [0.29, 0.717) is 6.42 Å². The maximum Gasteiger partial charge on any atom is 0.490 e. The molecule has 78 valence electrons. The van der Waals surface area contributed by atoms with Gasteiger partial charge in [0.05, 0.1) is 12.1 Å². The van der Waals surface area contributed by atoms with E-state index < -0.39 is 24.4 Å². The minimum atomic E-state index is -4.98. The molecule has 0 amide bonds. The quantitative estimate of drug-likeness (QED) is 0.644. The fourth-order valence-corrected chi connectivity index (χ4v) is 1.10. The Balaban J connectivity index is 2.41. The average Bonchev–Trinajstić information content (AvgIpc) is 2.50. The van der Waals surface area contributed by atoms with Crippen molar-refractivity contribution in [2.75, 3.05) is 0 Å². The highest BCUT2D eigenvalue weighted by atomic mass is 19.4. The molecule has 1 rings (SSSR count). The molecule has 0 radical (unpaired) electrons. The number of nitrogens with one attached hydrogen (secondary N) is 1. The summed E-state index contributed by atoms with van der Waals surface area (Å²) in [7, 11) is 0. The molecule has 1 heterocycles. The summed E-state index contributed by atoms with van der Waals surface area (Å²) in [6.45, 7) is 0. The molecule has 0 saturated carbocycles. The van der Waals surface area contributed by atoms with Gasteiger partial charge in [0.2, 0.25) is 0 Å². The molecular weight excluding hydrogens is 201 g/mol. The minimum absolute atomic E-state index is 0.222. The zero-order valence-corrected chi connectivity index (χ0v) is 6.97. The van der Waals surface area contributed by atoms with Crippen molar-refractivity contribution in [2.24, 2.45) is 0 Å². The Hall–Kier alpha value is -1.29. The van der Waals surface area contributed by atoms with Crippen LogP contribution in [-0.4, -0.2) is 24.4 Å². The lowest BCUT2D eigenvalue weighted by atomic mass is 10.2. The number of hydrogen-bond acceptors (Lipinski definition) is 4. The van der Waals surface area contributed by atoms with Crippen LogP contribution >= 0.6 is 0 Å². The van der Waals surface area contributed by atoms with E-state index >= 15 is 0 Å². The first-order valence-electron chi connectivity index (χ1n) is 3.87. The normalized spacial score (nSPS) is 27.0. The predicted octanol–water partition coefficient (Wildman–Crippen LogP) is 0.694. The van der Waals surface area contributed by atoms with E-state index in [1.54, 1.807) is 0 Å². The maximum atomic E-state index is 11.7. The molecule has 0 spiro atoms. The van der Waals surface area contributed by atoms with Crippen molar-refractivity contribution in [3.05, 3.63) is 0 Å². The third-order valence-corrected chi connectivity index (χ3v) is 1.74. The largest absolute Gasteiger partial charge is 0.490 e. The van der Waals surface area contributed by atoms with Crippen molar-refractivity contribution >= 4 is 5.97 Å². The summed E-state index contributed by atoms with van der Waals surface area (Å²) in [5, 5.41) is 10.8. The van der Waals surface area contributed by atoms with Crippen LogP contribution < -0.4 is 5.32 Å². The maximum absolute atomic E-state index is 11.7. The van der Waals surface area contributed by atoms with Crippen LogP contribution in [-0.2, 0) is 9.53 Å². The molecule has 1 aliphatic rings. The zero-order valence-electron chi connectivity index (χ0n) is 6.97. The van der Waals surface area contributed by atoms with E-state index in [2.05, 4.69) is 10.1 Å². The highest BCUT2D eigenvalue weighted by Gasteiger charge is 2.43. The first-order chi connectivity index (χ1) is 6.43. The van der Waals surface area contributed by atoms with Crippen LogP contribution in [0.2, 0.25) is 0 Å². The van der Waals surface area contributed by atoms with Gasteiger partial charge in [0.25, 0.3) is 0 Å². The third-order valence-electron chi connectivity index (χ3n) is 1.74. The van der Waals surface area contributed by atoms with Crippen molar-refractivity contribution in [1.82, 2.24) is 5.32 Å².